The average Bonchev–Trinajstić information content (AvgIpc) is 3.42. The van der Waals surface area contributed by atoms with Gasteiger partial charge in [0.2, 0.25) is 11.7 Å². The van der Waals surface area contributed by atoms with E-state index in [-0.39, 0.29) is 17.7 Å². The molecule has 2 aromatic rings. The monoisotopic (exact) mass is 407 g/mol. The number of hydrogen-bond acceptors (Lipinski definition) is 4. The largest absolute Gasteiger partial charge is 0.345 e. The van der Waals surface area contributed by atoms with Gasteiger partial charge in [-0.05, 0) is 30.7 Å². The van der Waals surface area contributed by atoms with Gasteiger partial charge in [-0.15, -0.1) is 10.2 Å². The number of fused-ring (bicyclic) bond motifs is 3. The number of aromatic nitrogens is 3. The van der Waals surface area contributed by atoms with Gasteiger partial charge in [0, 0.05) is 38.0 Å². The summed E-state index contributed by atoms with van der Waals surface area (Å²) < 4.78 is 1.97. The van der Waals surface area contributed by atoms with Crippen LogP contribution in [0.2, 0.25) is 0 Å². The predicted octanol–water partition coefficient (Wildman–Crippen LogP) is 2.73. The van der Waals surface area contributed by atoms with Crippen LogP contribution in [0.4, 0.5) is 0 Å². The van der Waals surface area contributed by atoms with Crippen LogP contribution in [0.5, 0.6) is 0 Å². The van der Waals surface area contributed by atoms with Crippen LogP contribution >= 0.6 is 0 Å². The summed E-state index contributed by atoms with van der Waals surface area (Å²) in [6, 6.07) is 9.85. The van der Waals surface area contributed by atoms with Crippen molar-refractivity contribution in [2.24, 2.45) is 11.8 Å². The highest BCUT2D eigenvalue weighted by Gasteiger charge is 2.43. The molecule has 3 heterocycles. The molecule has 0 radical (unpaired) electrons. The molecule has 0 spiro atoms. The Morgan fingerprint density at radius 2 is 1.80 bits per heavy atom. The Labute approximate surface area is 176 Å². The molecule has 7 nitrogen and oxygen atoms in total. The van der Waals surface area contributed by atoms with E-state index in [1.807, 2.05) is 34.9 Å². The highest BCUT2D eigenvalue weighted by molar-refractivity contribution is 5.90. The molecule has 0 bridgehead atoms. The Morgan fingerprint density at radius 3 is 2.60 bits per heavy atom. The van der Waals surface area contributed by atoms with Gasteiger partial charge in [0.1, 0.15) is 5.82 Å². The predicted molar refractivity (Wildman–Crippen MR) is 112 cm³/mol. The topological polar surface area (TPSA) is 80.1 Å². The first kappa shape index (κ1) is 19.3. The van der Waals surface area contributed by atoms with Crippen LogP contribution < -0.4 is 5.32 Å². The van der Waals surface area contributed by atoms with E-state index in [0.717, 1.165) is 43.7 Å². The molecule has 158 valence electrons. The van der Waals surface area contributed by atoms with Gasteiger partial charge in [-0.3, -0.25) is 9.59 Å². The Balaban J connectivity index is 1.27. The molecule has 2 atom stereocenters. The molecule has 2 fully saturated rings. The summed E-state index contributed by atoms with van der Waals surface area (Å²) in [6.07, 6.45) is 6.63. The van der Waals surface area contributed by atoms with Gasteiger partial charge in [0.05, 0.1) is 0 Å². The number of rotatable bonds is 4. The van der Waals surface area contributed by atoms with Crippen molar-refractivity contribution in [1.82, 2.24) is 25.0 Å². The lowest BCUT2D eigenvalue weighted by molar-refractivity contribution is -0.135. The van der Waals surface area contributed by atoms with Gasteiger partial charge in [-0.2, -0.15) is 0 Å². The lowest BCUT2D eigenvalue weighted by Gasteiger charge is -2.26. The number of likely N-dealkylation sites (tertiary alicyclic amines) is 1. The standard InChI is InChI=1S/C23H29N5O2/c29-22(24-13-16-7-3-1-4-8-16)21-26-25-20-19-15-27(14-18(19)11-12-28(20)21)23(30)17-9-5-2-6-10-17/h1,3-4,7-8,17-19H,2,5-6,9-15H2,(H,24,29). The molecule has 1 N–H and O–H groups in total. The van der Waals surface area contributed by atoms with Crippen LogP contribution in [0, 0.1) is 11.8 Å². The van der Waals surface area contributed by atoms with Gasteiger partial charge in [-0.25, -0.2) is 0 Å². The smallest absolute Gasteiger partial charge is 0.289 e. The minimum absolute atomic E-state index is 0.189. The van der Waals surface area contributed by atoms with E-state index in [0.29, 0.717) is 30.7 Å². The van der Waals surface area contributed by atoms with Gasteiger partial charge >= 0.3 is 0 Å². The second-order valence-electron chi connectivity index (χ2n) is 8.94. The molecule has 1 aromatic heterocycles. The molecule has 2 aliphatic heterocycles. The highest BCUT2D eigenvalue weighted by atomic mass is 16.2. The summed E-state index contributed by atoms with van der Waals surface area (Å²) >= 11 is 0. The van der Waals surface area contributed by atoms with Crippen molar-refractivity contribution in [3.63, 3.8) is 0 Å². The molecule has 1 saturated carbocycles. The molecule has 3 aliphatic rings. The number of nitrogens with one attached hydrogen (secondary N) is 1. The molecule has 1 aliphatic carbocycles. The van der Waals surface area contributed by atoms with Crippen LogP contribution in [0.1, 0.15) is 66.4 Å². The molecule has 5 rings (SSSR count). The molecule has 2 amide bonds. The normalized spacial score (nSPS) is 23.7. The number of hydrogen-bond donors (Lipinski definition) is 1. The Morgan fingerprint density at radius 1 is 1.00 bits per heavy atom. The summed E-state index contributed by atoms with van der Waals surface area (Å²) in [5.74, 6) is 2.21. The fraction of sp³-hybridized carbons (Fsp3) is 0.565. The zero-order valence-electron chi connectivity index (χ0n) is 17.3. The van der Waals surface area contributed by atoms with Crippen molar-refractivity contribution in [1.29, 1.82) is 0 Å². The van der Waals surface area contributed by atoms with E-state index >= 15 is 0 Å². The van der Waals surface area contributed by atoms with E-state index in [2.05, 4.69) is 20.4 Å². The zero-order valence-corrected chi connectivity index (χ0v) is 17.3. The van der Waals surface area contributed by atoms with Crippen LogP contribution in [0.15, 0.2) is 30.3 Å². The number of carbonyl (C=O) groups is 2. The third-order valence-corrected chi connectivity index (χ3v) is 7.04. The van der Waals surface area contributed by atoms with E-state index in [9.17, 15) is 9.59 Å². The third kappa shape index (κ3) is 3.61. The summed E-state index contributed by atoms with van der Waals surface area (Å²) in [6.45, 7) is 2.74. The van der Waals surface area contributed by atoms with Gasteiger partial charge in [0.25, 0.3) is 5.91 Å². The molecule has 30 heavy (non-hydrogen) atoms. The lowest BCUT2D eigenvalue weighted by atomic mass is 9.88. The maximum atomic E-state index is 13.0. The van der Waals surface area contributed by atoms with Crippen LogP contribution in [-0.4, -0.2) is 44.6 Å². The highest BCUT2D eigenvalue weighted by Crippen LogP contribution is 2.39. The zero-order chi connectivity index (χ0) is 20.5. The molecular formula is C23H29N5O2. The number of carbonyl (C=O) groups excluding carboxylic acids is 2. The number of benzene rings is 1. The second kappa shape index (κ2) is 8.20. The van der Waals surface area contributed by atoms with Crippen LogP contribution in [0.3, 0.4) is 0 Å². The second-order valence-corrected chi connectivity index (χ2v) is 8.94. The van der Waals surface area contributed by atoms with Crippen molar-refractivity contribution in [3.05, 3.63) is 47.5 Å². The molecule has 1 aromatic carbocycles. The fourth-order valence-corrected chi connectivity index (χ4v) is 5.37. The van der Waals surface area contributed by atoms with E-state index in [1.165, 1.54) is 19.3 Å². The SMILES string of the molecule is O=C(NCc1ccccc1)c1nnc2n1CCC1CN(C(=O)C3CCCCC3)CC21. The summed E-state index contributed by atoms with van der Waals surface area (Å²) in [7, 11) is 0. The fourth-order valence-electron chi connectivity index (χ4n) is 5.37. The first-order chi connectivity index (χ1) is 14.7. The first-order valence-electron chi connectivity index (χ1n) is 11.2. The lowest BCUT2D eigenvalue weighted by Crippen LogP contribution is -2.35. The molecular weight excluding hydrogens is 378 g/mol. The van der Waals surface area contributed by atoms with Crippen LogP contribution in [0.25, 0.3) is 0 Å². The Kier molecular flexibility index (Phi) is 5.27. The minimum Gasteiger partial charge on any atom is -0.345 e. The summed E-state index contributed by atoms with van der Waals surface area (Å²) in [5, 5.41) is 11.6. The maximum Gasteiger partial charge on any atom is 0.289 e. The maximum absolute atomic E-state index is 13.0. The van der Waals surface area contributed by atoms with Crippen molar-refractivity contribution in [2.45, 2.75) is 57.5 Å². The Hall–Kier alpha value is -2.70. The van der Waals surface area contributed by atoms with Crippen LogP contribution in [-0.2, 0) is 17.9 Å². The Bertz CT molecular complexity index is 919. The summed E-state index contributed by atoms with van der Waals surface area (Å²) in [4.78, 5) is 27.8. The van der Waals surface area contributed by atoms with Crippen molar-refractivity contribution in [3.8, 4) is 0 Å². The summed E-state index contributed by atoms with van der Waals surface area (Å²) in [5.41, 5.74) is 1.05. The van der Waals surface area contributed by atoms with Gasteiger partial charge in [0.15, 0.2) is 0 Å². The first-order valence-corrected chi connectivity index (χ1v) is 11.2. The third-order valence-electron chi connectivity index (χ3n) is 7.04. The number of amides is 2. The van der Waals surface area contributed by atoms with Gasteiger partial charge < -0.3 is 14.8 Å². The van der Waals surface area contributed by atoms with E-state index < -0.39 is 0 Å². The van der Waals surface area contributed by atoms with E-state index in [1.54, 1.807) is 0 Å². The van der Waals surface area contributed by atoms with Crippen molar-refractivity contribution in [2.75, 3.05) is 13.1 Å². The average molecular weight is 408 g/mol. The van der Waals surface area contributed by atoms with Crippen molar-refractivity contribution < 1.29 is 9.59 Å². The number of nitrogens with zero attached hydrogens (tertiary/aromatic N) is 4. The molecule has 7 heteroatoms. The van der Waals surface area contributed by atoms with E-state index in [4.69, 9.17) is 0 Å². The molecule has 1 saturated heterocycles. The van der Waals surface area contributed by atoms with Gasteiger partial charge in [-0.1, -0.05) is 49.6 Å². The van der Waals surface area contributed by atoms with Crippen molar-refractivity contribution >= 4 is 11.8 Å². The quantitative estimate of drug-likeness (QED) is 0.845. The molecule has 2 unspecified atom stereocenters. The minimum atomic E-state index is -0.191.